The predicted molar refractivity (Wildman–Crippen MR) is 106 cm³/mol. The maximum absolute atomic E-state index is 5.39. The number of imidazole rings is 1. The second-order valence-electron chi connectivity index (χ2n) is 7.01. The third-order valence-corrected chi connectivity index (χ3v) is 3.96. The molecule has 124 valence electrons. The van der Waals surface area contributed by atoms with Crippen LogP contribution in [0.4, 0.5) is 11.4 Å². The molecule has 2 aromatic carbocycles. The van der Waals surface area contributed by atoms with E-state index in [1.54, 1.807) is 0 Å². The van der Waals surface area contributed by atoms with Crippen LogP contribution < -0.4 is 10.6 Å². The average molecular weight is 338 g/mol. The monoisotopic (exact) mass is 338 g/mol. The molecule has 0 unspecified atom stereocenters. The molecule has 4 nitrogen and oxygen atoms in total. The second kappa shape index (κ2) is 6.24. The number of hydrogen-bond donors (Lipinski definition) is 3. The van der Waals surface area contributed by atoms with Gasteiger partial charge in [0.15, 0.2) is 5.11 Å². The molecule has 5 heteroatoms. The Morgan fingerprint density at radius 2 is 1.62 bits per heavy atom. The minimum Gasteiger partial charge on any atom is -0.341 e. The van der Waals surface area contributed by atoms with Crippen LogP contribution in [0.1, 0.15) is 32.2 Å². The molecule has 24 heavy (non-hydrogen) atoms. The van der Waals surface area contributed by atoms with Gasteiger partial charge in [-0.25, -0.2) is 4.98 Å². The smallest absolute Gasteiger partial charge is 0.175 e. The van der Waals surface area contributed by atoms with Gasteiger partial charge in [-0.3, -0.25) is 0 Å². The largest absolute Gasteiger partial charge is 0.341 e. The summed E-state index contributed by atoms with van der Waals surface area (Å²) in [5.74, 6) is 0.981. The van der Waals surface area contributed by atoms with Gasteiger partial charge in [0.25, 0.3) is 0 Å². The van der Waals surface area contributed by atoms with E-state index in [4.69, 9.17) is 12.2 Å². The van der Waals surface area contributed by atoms with Gasteiger partial charge >= 0.3 is 0 Å². The minimum atomic E-state index is -0.00505. The van der Waals surface area contributed by atoms with Crippen molar-refractivity contribution in [1.29, 1.82) is 0 Å². The van der Waals surface area contributed by atoms with E-state index in [1.807, 2.05) is 30.3 Å². The molecule has 0 bridgehead atoms. The standard InChI is InChI=1S/C19H22N4S/c1-12-5-7-13(8-6-12)20-18(24)21-14-9-10-15-16(11-14)23-17(22-15)19(2,3)4/h5-11H,1-4H3,(H,22,23)(H2,20,21,24). The molecule has 0 saturated carbocycles. The topological polar surface area (TPSA) is 52.7 Å². The summed E-state index contributed by atoms with van der Waals surface area (Å²) >= 11 is 5.39. The highest BCUT2D eigenvalue weighted by Gasteiger charge is 2.18. The number of aromatic amines is 1. The van der Waals surface area contributed by atoms with Crippen molar-refractivity contribution >= 4 is 39.7 Å². The van der Waals surface area contributed by atoms with Gasteiger partial charge in [0.1, 0.15) is 5.82 Å². The maximum Gasteiger partial charge on any atom is 0.175 e. The first kappa shape index (κ1) is 16.5. The van der Waals surface area contributed by atoms with Gasteiger partial charge in [0, 0.05) is 16.8 Å². The predicted octanol–water partition coefficient (Wildman–Crippen LogP) is 4.98. The van der Waals surface area contributed by atoms with E-state index in [9.17, 15) is 0 Å². The van der Waals surface area contributed by atoms with E-state index >= 15 is 0 Å². The van der Waals surface area contributed by atoms with Crippen LogP contribution in [0, 0.1) is 6.92 Å². The third-order valence-electron chi connectivity index (χ3n) is 3.76. The van der Waals surface area contributed by atoms with Crippen molar-refractivity contribution in [3.8, 4) is 0 Å². The summed E-state index contributed by atoms with van der Waals surface area (Å²) in [6.45, 7) is 8.49. The van der Waals surface area contributed by atoms with E-state index in [2.05, 4.69) is 60.4 Å². The summed E-state index contributed by atoms with van der Waals surface area (Å²) in [6, 6.07) is 14.1. The number of hydrogen-bond acceptors (Lipinski definition) is 2. The molecule has 0 spiro atoms. The van der Waals surface area contributed by atoms with Gasteiger partial charge in [-0.15, -0.1) is 0 Å². The Hall–Kier alpha value is -2.40. The normalized spacial score (nSPS) is 11.5. The Labute approximate surface area is 147 Å². The van der Waals surface area contributed by atoms with Gasteiger partial charge in [-0.2, -0.15) is 0 Å². The zero-order valence-corrected chi connectivity index (χ0v) is 15.2. The molecule has 3 aromatic rings. The minimum absolute atomic E-state index is 0.00505. The van der Waals surface area contributed by atoms with Crippen LogP contribution in [0.2, 0.25) is 0 Å². The molecule has 0 saturated heterocycles. The summed E-state index contributed by atoms with van der Waals surface area (Å²) < 4.78 is 0. The molecule has 0 atom stereocenters. The highest BCUT2D eigenvalue weighted by molar-refractivity contribution is 7.80. The number of benzene rings is 2. The number of nitrogens with zero attached hydrogens (tertiary/aromatic N) is 1. The van der Waals surface area contributed by atoms with Gasteiger partial charge in [0.05, 0.1) is 11.0 Å². The third kappa shape index (κ3) is 3.74. The SMILES string of the molecule is Cc1ccc(NC(=S)Nc2ccc3nc(C(C)(C)C)[nH]c3c2)cc1. The number of aromatic nitrogens is 2. The number of fused-ring (bicyclic) bond motifs is 1. The van der Waals surface area contributed by atoms with Gasteiger partial charge in [-0.05, 0) is 49.5 Å². The number of anilines is 2. The van der Waals surface area contributed by atoms with Gasteiger partial charge in [-0.1, -0.05) is 38.5 Å². The lowest BCUT2D eigenvalue weighted by atomic mass is 9.96. The van der Waals surface area contributed by atoms with Crippen molar-refractivity contribution in [3.05, 3.63) is 53.9 Å². The lowest BCUT2D eigenvalue weighted by Crippen LogP contribution is -2.18. The molecular weight excluding hydrogens is 316 g/mol. The van der Waals surface area contributed by atoms with E-state index in [1.165, 1.54) is 5.56 Å². The van der Waals surface area contributed by atoms with Crippen molar-refractivity contribution in [2.75, 3.05) is 10.6 Å². The molecular formula is C19H22N4S. The average Bonchev–Trinajstić information content (AvgIpc) is 2.93. The summed E-state index contributed by atoms with van der Waals surface area (Å²) in [5.41, 5.74) is 5.08. The van der Waals surface area contributed by atoms with E-state index in [0.717, 1.165) is 28.2 Å². The van der Waals surface area contributed by atoms with Gasteiger partial charge < -0.3 is 15.6 Å². The Balaban J connectivity index is 1.74. The maximum atomic E-state index is 5.39. The molecule has 3 rings (SSSR count). The van der Waals surface area contributed by atoms with Crippen molar-refractivity contribution in [2.45, 2.75) is 33.1 Å². The lowest BCUT2D eigenvalue weighted by Gasteiger charge is -2.13. The molecule has 0 fully saturated rings. The molecule has 1 aromatic heterocycles. The van der Waals surface area contributed by atoms with E-state index in [-0.39, 0.29) is 5.41 Å². The van der Waals surface area contributed by atoms with Crippen LogP contribution in [-0.4, -0.2) is 15.1 Å². The van der Waals surface area contributed by atoms with Crippen LogP contribution in [0.3, 0.4) is 0 Å². The Bertz CT molecular complexity index is 873. The number of nitrogens with one attached hydrogen (secondary N) is 3. The summed E-state index contributed by atoms with van der Waals surface area (Å²) in [7, 11) is 0. The fourth-order valence-electron chi connectivity index (χ4n) is 2.37. The molecule has 0 amide bonds. The number of rotatable bonds is 2. The van der Waals surface area contributed by atoms with Gasteiger partial charge in [0.2, 0.25) is 0 Å². The molecule has 0 aliphatic carbocycles. The highest BCUT2D eigenvalue weighted by Crippen LogP contribution is 2.24. The summed E-state index contributed by atoms with van der Waals surface area (Å²) in [4.78, 5) is 8.04. The summed E-state index contributed by atoms with van der Waals surface area (Å²) in [6.07, 6.45) is 0. The Morgan fingerprint density at radius 3 is 2.29 bits per heavy atom. The molecule has 0 aliphatic rings. The van der Waals surface area contributed by atoms with Crippen LogP contribution >= 0.6 is 12.2 Å². The number of thiocarbonyl (C=S) groups is 1. The Kier molecular flexibility index (Phi) is 4.28. The van der Waals surface area contributed by atoms with Crippen LogP contribution in [0.15, 0.2) is 42.5 Å². The fourth-order valence-corrected chi connectivity index (χ4v) is 2.61. The number of H-pyrrole nitrogens is 1. The van der Waals surface area contributed by atoms with Crippen LogP contribution in [0.5, 0.6) is 0 Å². The van der Waals surface area contributed by atoms with Crippen LogP contribution in [0.25, 0.3) is 11.0 Å². The quantitative estimate of drug-likeness (QED) is 0.577. The molecule has 3 N–H and O–H groups in total. The van der Waals surface area contributed by atoms with Crippen molar-refractivity contribution in [1.82, 2.24) is 9.97 Å². The first-order valence-electron chi connectivity index (χ1n) is 7.96. The number of aryl methyl sites for hydroxylation is 1. The van der Waals surface area contributed by atoms with E-state index in [0.29, 0.717) is 5.11 Å². The highest BCUT2D eigenvalue weighted by atomic mass is 32.1. The lowest BCUT2D eigenvalue weighted by molar-refractivity contribution is 0.554. The molecule has 0 radical (unpaired) electrons. The fraction of sp³-hybridized carbons (Fsp3) is 0.263. The van der Waals surface area contributed by atoms with Crippen LogP contribution in [-0.2, 0) is 5.41 Å². The van der Waals surface area contributed by atoms with E-state index < -0.39 is 0 Å². The van der Waals surface area contributed by atoms with Crippen molar-refractivity contribution in [3.63, 3.8) is 0 Å². The first-order valence-corrected chi connectivity index (χ1v) is 8.37. The van der Waals surface area contributed by atoms with Crippen molar-refractivity contribution in [2.24, 2.45) is 0 Å². The Morgan fingerprint density at radius 1 is 1.00 bits per heavy atom. The zero-order valence-electron chi connectivity index (χ0n) is 14.4. The second-order valence-corrected chi connectivity index (χ2v) is 7.42. The summed E-state index contributed by atoms with van der Waals surface area (Å²) in [5, 5.41) is 6.97. The zero-order chi connectivity index (χ0) is 17.3. The molecule has 0 aliphatic heterocycles. The van der Waals surface area contributed by atoms with Crippen molar-refractivity contribution < 1.29 is 0 Å². The molecule has 1 heterocycles. The first-order chi connectivity index (χ1) is 11.3.